The fourth-order valence-electron chi connectivity index (χ4n) is 1.22. The second-order valence-electron chi connectivity index (χ2n) is 3.23. The first-order valence-electron chi connectivity index (χ1n) is 4.22. The van der Waals surface area contributed by atoms with E-state index in [9.17, 15) is 13.6 Å². The number of carbonyl (C=O) groups is 1. The monoisotopic (exact) mass is 215 g/mol. The highest BCUT2D eigenvalue weighted by atomic mass is 19.1. The highest BCUT2D eigenvalue weighted by Gasteiger charge is 2.35. The lowest BCUT2D eigenvalue weighted by atomic mass is 9.94. The van der Waals surface area contributed by atoms with Crippen LogP contribution in [0.5, 0.6) is 0 Å². The van der Waals surface area contributed by atoms with Crippen molar-refractivity contribution >= 4 is 5.91 Å². The number of hydrogen-bond acceptors (Lipinski definition) is 2. The second-order valence-corrected chi connectivity index (χ2v) is 3.23. The van der Waals surface area contributed by atoms with E-state index in [0.717, 1.165) is 12.1 Å². The molecule has 15 heavy (non-hydrogen) atoms. The molecule has 0 aromatic heterocycles. The molecule has 0 bridgehead atoms. The molecule has 0 fully saturated rings. The molecule has 3 nitrogen and oxygen atoms in total. The van der Waals surface area contributed by atoms with Crippen LogP contribution < -0.4 is 5.73 Å². The lowest BCUT2D eigenvalue weighted by Gasteiger charge is -2.25. The molecule has 0 radical (unpaired) electrons. The molecule has 5 heteroatoms. The number of rotatable bonds is 3. The number of benzene rings is 1. The van der Waals surface area contributed by atoms with Crippen molar-refractivity contribution in [2.75, 3.05) is 7.11 Å². The molecule has 1 unspecified atom stereocenters. The smallest absolute Gasteiger partial charge is 0.254 e. The normalized spacial score (nSPS) is 14.7. The van der Waals surface area contributed by atoms with Crippen LogP contribution in [0.3, 0.4) is 0 Å². The Kier molecular flexibility index (Phi) is 3.04. The Morgan fingerprint density at radius 2 is 2.07 bits per heavy atom. The summed E-state index contributed by atoms with van der Waals surface area (Å²) in [5, 5.41) is 0. The van der Waals surface area contributed by atoms with Gasteiger partial charge in [-0.25, -0.2) is 8.78 Å². The van der Waals surface area contributed by atoms with Crippen LogP contribution >= 0.6 is 0 Å². The molecule has 2 N–H and O–H groups in total. The number of amides is 1. The van der Waals surface area contributed by atoms with Gasteiger partial charge in [0.25, 0.3) is 5.91 Å². The summed E-state index contributed by atoms with van der Waals surface area (Å²) in [6.07, 6.45) is 0. The van der Waals surface area contributed by atoms with E-state index in [1.165, 1.54) is 14.0 Å². The second kappa shape index (κ2) is 3.94. The Hall–Kier alpha value is -1.49. The fraction of sp³-hybridized carbons (Fsp3) is 0.300. The van der Waals surface area contributed by atoms with Crippen molar-refractivity contribution in [2.24, 2.45) is 5.73 Å². The Balaban J connectivity index is 3.30. The highest BCUT2D eigenvalue weighted by Crippen LogP contribution is 2.27. The third-order valence-corrected chi connectivity index (χ3v) is 2.32. The largest absolute Gasteiger partial charge is 0.367 e. The van der Waals surface area contributed by atoms with Crippen LogP contribution in [0.25, 0.3) is 0 Å². The lowest BCUT2D eigenvalue weighted by Crippen LogP contribution is -2.40. The minimum atomic E-state index is -1.59. The van der Waals surface area contributed by atoms with E-state index >= 15 is 0 Å². The maximum Gasteiger partial charge on any atom is 0.254 e. The molecular formula is C10H11F2NO2. The summed E-state index contributed by atoms with van der Waals surface area (Å²) < 4.78 is 30.9. The van der Waals surface area contributed by atoms with Crippen molar-refractivity contribution in [1.82, 2.24) is 0 Å². The summed E-state index contributed by atoms with van der Waals surface area (Å²) in [5.41, 5.74) is 3.43. The third-order valence-electron chi connectivity index (χ3n) is 2.32. The van der Waals surface area contributed by atoms with Crippen LogP contribution in [-0.4, -0.2) is 13.0 Å². The molecule has 0 saturated carbocycles. The van der Waals surface area contributed by atoms with Gasteiger partial charge < -0.3 is 10.5 Å². The predicted octanol–water partition coefficient (Wildman–Crippen LogP) is 1.31. The van der Waals surface area contributed by atoms with E-state index in [4.69, 9.17) is 10.5 Å². The third kappa shape index (κ3) is 1.97. The molecule has 0 aliphatic heterocycles. The quantitative estimate of drug-likeness (QED) is 0.826. The van der Waals surface area contributed by atoms with Crippen molar-refractivity contribution in [2.45, 2.75) is 12.5 Å². The Morgan fingerprint density at radius 3 is 2.47 bits per heavy atom. The number of hydrogen-bond donors (Lipinski definition) is 1. The Morgan fingerprint density at radius 1 is 1.47 bits per heavy atom. The number of methoxy groups -OCH3 is 1. The van der Waals surface area contributed by atoms with Crippen LogP contribution in [0.2, 0.25) is 0 Å². The van der Waals surface area contributed by atoms with Crippen LogP contribution in [0.15, 0.2) is 18.2 Å². The number of ether oxygens (including phenoxy) is 1. The van der Waals surface area contributed by atoms with Gasteiger partial charge in [-0.3, -0.25) is 4.79 Å². The number of carbonyl (C=O) groups excluding carboxylic acids is 1. The van der Waals surface area contributed by atoms with Crippen molar-refractivity contribution in [1.29, 1.82) is 0 Å². The van der Waals surface area contributed by atoms with Gasteiger partial charge in [0.15, 0.2) is 5.60 Å². The first kappa shape index (κ1) is 11.6. The van der Waals surface area contributed by atoms with Gasteiger partial charge in [0.05, 0.1) is 0 Å². The van der Waals surface area contributed by atoms with Gasteiger partial charge in [0, 0.05) is 18.7 Å². The standard InChI is InChI=1S/C10H11F2NO2/c1-10(15-2,9(13)14)7-4-3-6(11)5-8(7)12/h3-5H,1-2H3,(H2,13,14). The molecule has 82 valence electrons. The van der Waals surface area contributed by atoms with Crippen LogP contribution in [-0.2, 0) is 15.1 Å². The van der Waals surface area contributed by atoms with Crippen LogP contribution in [0.1, 0.15) is 12.5 Å². The Labute approximate surface area is 85.8 Å². The van der Waals surface area contributed by atoms with E-state index < -0.39 is 23.1 Å². The summed E-state index contributed by atoms with van der Waals surface area (Å²) in [7, 11) is 1.23. The van der Waals surface area contributed by atoms with E-state index in [1.807, 2.05) is 0 Å². The first-order valence-corrected chi connectivity index (χ1v) is 4.22. The lowest BCUT2D eigenvalue weighted by molar-refractivity contribution is -0.139. The van der Waals surface area contributed by atoms with E-state index in [1.54, 1.807) is 0 Å². The summed E-state index contributed by atoms with van der Waals surface area (Å²) in [6.45, 7) is 1.33. The van der Waals surface area contributed by atoms with Gasteiger partial charge in [0.1, 0.15) is 11.6 Å². The summed E-state index contributed by atoms with van der Waals surface area (Å²) >= 11 is 0. The zero-order valence-electron chi connectivity index (χ0n) is 8.38. The van der Waals surface area contributed by atoms with Crippen LogP contribution in [0, 0.1) is 11.6 Å². The topological polar surface area (TPSA) is 52.3 Å². The van der Waals surface area contributed by atoms with Gasteiger partial charge in [-0.05, 0) is 19.1 Å². The molecule has 0 aliphatic rings. The SMILES string of the molecule is COC(C)(C(N)=O)c1ccc(F)cc1F. The summed E-state index contributed by atoms with van der Waals surface area (Å²) in [5.74, 6) is -2.42. The van der Waals surface area contributed by atoms with Gasteiger partial charge in [0.2, 0.25) is 0 Å². The molecular weight excluding hydrogens is 204 g/mol. The van der Waals surface area contributed by atoms with E-state index in [2.05, 4.69) is 0 Å². The van der Waals surface area contributed by atoms with Gasteiger partial charge in [-0.1, -0.05) is 0 Å². The predicted molar refractivity (Wildman–Crippen MR) is 49.9 cm³/mol. The van der Waals surface area contributed by atoms with E-state index in [0.29, 0.717) is 6.07 Å². The van der Waals surface area contributed by atoms with Crippen LogP contribution in [0.4, 0.5) is 8.78 Å². The highest BCUT2D eigenvalue weighted by molar-refractivity contribution is 5.84. The molecule has 0 heterocycles. The molecule has 0 aliphatic carbocycles. The van der Waals surface area contributed by atoms with Gasteiger partial charge >= 0.3 is 0 Å². The maximum atomic E-state index is 13.4. The average molecular weight is 215 g/mol. The zero-order chi connectivity index (χ0) is 11.6. The van der Waals surface area contributed by atoms with Crippen molar-refractivity contribution < 1.29 is 18.3 Å². The summed E-state index contributed by atoms with van der Waals surface area (Å²) in [6, 6.07) is 2.85. The first-order chi connectivity index (χ1) is 6.91. The average Bonchev–Trinajstić information content (AvgIpc) is 2.16. The molecule has 0 spiro atoms. The fourth-order valence-corrected chi connectivity index (χ4v) is 1.22. The summed E-state index contributed by atoms with van der Waals surface area (Å²) in [4.78, 5) is 11.1. The minimum absolute atomic E-state index is 0.0844. The molecule has 1 atom stereocenters. The molecule has 1 aromatic carbocycles. The molecule has 1 amide bonds. The number of nitrogens with two attached hydrogens (primary N) is 1. The van der Waals surface area contributed by atoms with Crippen molar-refractivity contribution in [3.8, 4) is 0 Å². The number of primary amides is 1. The molecule has 0 saturated heterocycles. The molecule has 1 rings (SSSR count). The molecule has 1 aromatic rings. The van der Waals surface area contributed by atoms with Gasteiger partial charge in [-0.15, -0.1) is 0 Å². The van der Waals surface area contributed by atoms with Crippen molar-refractivity contribution in [3.05, 3.63) is 35.4 Å². The number of halogens is 2. The maximum absolute atomic E-state index is 13.4. The Bertz CT molecular complexity index is 395. The van der Waals surface area contributed by atoms with Crippen molar-refractivity contribution in [3.63, 3.8) is 0 Å². The van der Waals surface area contributed by atoms with E-state index in [-0.39, 0.29) is 5.56 Å². The van der Waals surface area contributed by atoms with Gasteiger partial charge in [-0.2, -0.15) is 0 Å². The zero-order valence-corrected chi connectivity index (χ0v) is 8.38. The minimum Gasteiger partial charge on any atom is -0.367 e.